The number of nitrogens with one attached hydrogen (secondary N) is 2. The fourth-order valence-corrected chi connectivity index (χ4v) is 2.23. The molecule has 0 aliphatic rings. The number of hydrogen-bond donors (Lipinski definition) is 3. The Morgan fingerprint density at radius 2 is 2.22 bits per heavy atom. The molecular weight excluding hydrogens is 314 g/mol. The fraction of sp³-hybridized carbons (Fsp3) is 0.267. The molecule has 4 N–H and O–H groups in total. The molecule has 1 amide bonds. The van der Waals surface area contributed by atoms with Crippen LogP contribution >= 0.6 is 11.8 Å². The molecule has 0 radical (unpaired) electrons. The van der Waals surface area contributed by atoms with Gasteiger partial charge in [-0.2, -0.15) is 0 Å². The van der Waals surface area contributed by atoms with E-state index in [2.05, 4.69) is 20.6 Å². The van der Waals surface area contributed by atoms with Gasteiger partial charge in [0.05, 0.1) is 18.5 Å². The lowest BCUT2D eigenvalue weighted by Gasteiger charge is -2.13. The SMILES string of the molecule is CCNC(=O)c1cnc(SC)nc1Nc1ccc(OC)cc1N. The van der Waals surface area contributed by atoms with Crippen LogP contribution in [0.1, 0.15) is 17.3 Å². The van der Waals surface area contributed by atoms with Gasteiger partial charge in [0.15, 0.2) is 5.16 Å². The van der Waals surface area contributed by atoms with Crippen molar-refractivity contribution in [1.29, 1.82) is 0 Å². The summed E-state index contributed by atoms with van der Waals surface area (Å²) in [5.74, 6) is 0.825. The van der Waals surface area contributed by atoms with E-state index in [0.717, 1.165) is 0 Å². The van der Waals surface area contributed by atoms with Gasteiger partial charge in [-0.15, -0.1) is 0 Å². The van der Waals surface area contributed by atoms with Crippen LogP contribution in [0.4, 0.5) is 17.2 Å². The molecular formula is C15H19N5O2S. The van der Waals surface area contributed by atoms with Crippen LogP contribution in [0.2, 0.25) is 0 Å². The van der Waals surface area contributed by atoms with Gasteiger partial charge in [0, 0.05) is 18.8 Å². The molecule has 1 aromatic carbocycles. The zero-order valence-corrected chi connectivity index (χ0v) is 14.0. The van der Waals surface area contributed by atoms with Gasteiger partial charge in [0.1, 0.15) is 17.1 Å². The van der Waals surface area contributed by atoms with Crippen molar-refractivity contribution in [3.8, 4) is 5.75 Å². The van der Waals surface area contributed by atoms with Crippen molar-refractivity contribution in [2.24, 2.45) is 0 Å². The Hall–Kier alpha value is -2.48. The molecule has 0 fully saturated rings. The highest BCUT2D eigenvalue weighted by atomic mass is 32.2. The maximum absolute atomic E-state index is 12.2. The smallest absolute Gasteiger partial charge is 0.256 e. The number of carbonyl (C=O) groups excluding carboxylic acids is 1. The van der Waals surface area contributed by atoms with Crippen LogP contribution < -0.4 is 21.1 Å². The van der Waals surface area contributed by atoms with E-state index in [1.165, 1.54) is 18.0 Å². The Bertz CT molecular complexity index is 708. The molecule has 23 heavy (non-hydrogen) atoms. The van der Waals surface area contributed by atoms with Crippen LogP contribution in [-0.4, -0.2) is 35.8 Å². The molecule has 0 saturated carbocycles. The average Bonchev–Trinajstić information content (AvgIpc) is 2.56. The van der Waals surface area contributed by atoms with Gasteiger partial charge in [-0.3, -0.25) is 4.79 Å². The molecule has 0 unspecified atom stereocenters. The van der Waals surface area contributed by atoms with Crippen LogP contribution in [0.3, 0.4) is 0 Å². The summed E-state index contributed by atoms with van der Waals surface area (Å²) in [6.07, 6.45) is 3.37. The molecule has 7 nitrogen and oxygen atoms in total. The van der Waals surface area contributed by atoms with E-state index in [1.807, 2.05) is 13.2 Å². The Morgan fingerprint density at radius 3 is 2.83 bits per heavy atom. The predicted molar refractivity (Wildman–Crippen MR) is 92.5 cm³/mol. The lowest BCUT2D eigenvalue weighted by atomic mass is 10.2. The Balaban J connectivity index is 2.38. The first-order chi connectivity index (χ1) is 11.1. The number of benzene rings is 1. The van der Waals surface area contributed by atoms with Crippen molar-refractivity contribution in [3.63, 3.8) is 0 Å². The van der Waals surface area contributed by atoms with Crippen molar-refractivity contribution < 1.29 is 9.53 Å². The summed E-state index contributed by atoms with van der Waals surface area (Å²) in [6, 6.07) is 5.25. The van der Waals surface area contributed by atoms with E-state index in [1.54, 1.807) is 25.3 Å². The maximum Gasteiger partial charge on any atom is 0.256 e. The number of ether oxygens (including phenoxy) is 1. The summed E-state index contributed by atoms with van der Waals surface area (Å²) in [7, 11) is 1.57. The zero-order valence-electron chi connectivity index (χ0n) is 13.2. The number of aromatic nitrogens is 2. The van der Waals surface area contributed by atoms with E-state index in [9.17, 15) is 4.79 Å². The normalized spacial score (nSPS) is 10.2. The third-order valence-corrected chi connectivity index (χ3v) is 3.60. The minimum Gasteiger partial charge on any atom is -0.497 e. The first-order valence-electron chi connectivity index (χ1n) is 6.98. The van der Waals surface area contributed by atoms with Crippen LogP contribution in [0.5, 0.6) is 5.75 Å². The van der Waals surface area contributed by atoms with E-state index in [0.29, 0.717) is 40.2 Å². The van der Waals surface area contributed by atoms with Crippen molar-refractivity contribution in [2.45, 2.75) is 12.1 Å². The molecule has 122 valence electrons. The molecule has 8 heteroatoms. The number of nitrogens with zero attached hydrogens (tertiary/aromatic N) is 2. The third kappa shape index (κ3) is 4.04. The monoisotopic (exact) mass is 333 g/mol. The second-order valence-corrected chi connectivity index (χ2v) is 5.33. The van der Waals surface area contributed by atoms with Crippen molar-refractivity contribution >= 4 is 34.9 Å². The van der Waals surface area contributed by atoms with Gasteiger partial charge in [-0.1, -0.05) is 11.8 Å². The number of nitrogen functional groups attached to an aromatic ring is 1. The standard InChI is InChI=1S/C15H19N5O2S/c1-4-17-14(21)10-8-18-15(23-3)20-13(10)19-12-6-5-9(22-2)7-11(12)16/h5-8H,4,16H2,1-3H3,(H,17,21)(H,18,19,20). The molecule has 2 aromatic rings. The topological polar surface area (TPSA) is 102 Å². The molecule has 0 saturated heterocycles. The van der Waals surface area contributed by atoms with E-state index < -0.39 is 0 Å². The number of nitrogens with two attached hydrogens (primary N) is 1. The summed E-state index contributed by atoms with van der Waals surface area (Å²) in [4.78, 5) is 20.7. The average molecular weight is 333 g/mol. The molecule has 0 spiro atoms. The largest absolute Gasteiger partial charge is 0.497 e. The fourth-order valence-electron chi connectivity index (χ4n) is 1.89. The number of methoxy groups -OCH3 is 1. The summed E-state index contributed by atoms with van der Waals surface area (Å²) in [5.41, 5.74) is 7.51. The van der Waals surface area contributed by atoms with Gasteiger partial charge in [0.25, 0.3) is 5.91 Å². The van der Waals surface area contributed by atoms with E-state index >= 15 is 0 Å². The summed E-state index contributed by atoms with van der Waals surface area (Å²) in [5, 5.41) is 6.40. The lowest BCUT2D eigenvalue weighted by molar-refractivity contribution is 0.0956. The summed E-state index contributed by atoms with van der Waals surface area (Å²) >= 11 is 1.39. The van der Waals surface area contributed by atoms with Crippen LogP contribution in [-0.2, 0) is 0 Å². The molecule has 0 bridgehead atoms. The van der Waals surface area contributed by atoms with E-state index in [4.69, 9.17) is 10.5 Å². The lowest BCUT2D eigenvalue weighted by Crippen LogP contribution is -2.24. The maximum atomic E-state index is 12.2. The minimum atomic E-state index is -0.241. The first-order valence-corrected chi connectivity index (χ1v) is 8.21. The summed E-state index contributed by atoms with van der Waals surface area (Å²) in [6.45, 7) is 2.37. The Morgan fingerprint density at radius 1 is 1.43 bits per heavy atom. The van der Waals surface area contributed by atoms with Gasteiger partial charge in [-0.05, 0) is 25.3 Å². The summed E-state index contributed by atoms with van der Waals surface area (Å²) < 4.78 is 5.13. The second-order valence-electron chi connectivity index (χ2n) is 4.56. The number of amides is 1. The van der Waals surface area contributed by atoms with Crippen molar-refractivity contribution in [1.82, 2.24) is 15.3 Å². The van der Waals surface area contributed by atoms with E-state index in [-0.39, 0.29) is 5.91 Å². The number of anilines is 3. The number of thioether (sulfide) groups is 1. The van der Waals surface area contributed by atoms with Gasteiger partial charge in [0.2, 0.25) is 0 Å². The molecule has 2 rings (SSSR count). The molecule has 0 aliphatic carbocycles. The van der Waals surface area contributed by atoms with Gasteiger partial charge < -0.3 is 21.1 Å². The first kappa shape index (κ1) is 16.9. The van der Waals surface area contributed by atoms with Crippen LogP contribution in [0.25, 0.3) is 0 Å². The Labute approximate surface area is 139 Å². The minimum absolute atomic E-state index is 0.241. The Kier molecular flexibility index (Phi) is 5.64. The highest BCUT2D eigenvalue weighted by Gasteiger charge is 2.15. The van der Waals surface area contributed by atoms with Crippen molar-refractivity contribution in [3.05, 3.63) is 30.0 Å². The number of hydrogen-bond acceptors (Lipinski definition) is 7. The molecule has 1 aromatic heterocycles. The second kappa shape index (κ2) is 7.68. The molecule has 0 atom stereocenters. The molecule has 1 heterocycles. The van der Waals surface area contributed by atoms with Crippen LogP contribution in [0.15, 0.2) is 29.6 Å². The quantitative estimate of drug-likeness (QED) is 0.423. The van der Waals surface area contributed by atoms with Gasteiger partial charge >= 0.3 is 0 Å². The highest BCUT2D eigenvalue weighted by molar-refractivity contribution is 7.98. The van der Waals surface area contributed by atoms with Crippen LogP contribution in [0, 0.1) is 0 Å². The predicted octanol–water partition coefficient (Wildman–Crippen LogP) is 2.28. The number of rotatable bonds is 6. The zero-order chi connectivity index (χ0) is 16.8. The number of carbonyl (C=O) groups is 1. The van der Waals surface area contributed by atoms with Crippen molar-refractivity contribution in [2.75, 3.05) is 31.0 Å². The van der Waals surface area contributed by atoms with Gasteiger partial charge in [-0.25, -0.2) is 9.97 Å². The highest BCUT2D eigenvalue weighted by Crippen LogP contribution is 2.28. The molecule has 0 aliphatic heterocycles. The third-order valence-electron chi connectivity index (χ3n) is 3.04.